The van der Waals surface area contributed by atoms with Gasteiger partial charge in [-0.25, -0.2) is 29.0 Å². The molecule has 6 aromatic carbocycles. The Morgan fingerprint density at radius 2 is 1.06 bits per heavy atom. The lowest BCUT2D eigenvalue weighted by molar-refractivity contribution is -0.341. The Hall–Kier alpha value is -9.52. The lowest BCUT2D eigenvalue weighted by atomic mass is 9.96. The summed E-state index contributed by atoms with van der Waals surface area (Å²) in [6, 6.07) is 40.9. The Labute approximate surface area is 560 Å². The van der Waals surface area contributed by atoms with E-state index in [2.05, 4.69) is 40.5 Å². The maximum Gasteiger partial charge on any atom is 0.337 e. The summed E-state index contributed by atoms with van der Waals surface area (Å²) < 4.78 is 43.6. The van der Waals surface area contributed by atoms with Gasteiger partial charge in [-0.15, -0.1) is 0 Å². The Morgan fingerprint density at radius 1 is 0.573 bits per heavy atom. The molecule has 2 aliphatic rings. The van der Waals surface area contributed by atoms with E-state index in [1.807, 2.05) is 124 Å². The van der Waals surface area contributed by atoms with Crippen LogP contribution in [0.2, 0.25) is 0 Å². The van der Waals surface area contributed by atoms with Gasteiger partial charge < -0.3 is 47.6 Å². The van der Waals surface area contributed by atoms with Crippen molar-refractivity contribution in [3.63, 3.8) is 0 Å². The van der Waals surface area contributed by atoms with E-state index in [1.165, 1.54) is 19.3 Å². The molecule has 6 aromatic rings. The number of fused-ring (bicyclic) bond motifs is 1. The van der Waals surface area contributed by atoms with E-state index < -0.39 is 18.0 Å². The van der Waals surface area contributed by atoms with Crippen molar-refractivity contribution >= 4 is 49.6 Å². The second kappa shape index (κ2) is 43.5. The van der Waals surface area contributed by atoms with Gasteiger partial charge in [0.2, 0.25) is 5.75 Å². The first-order chi connectivity index (χ1) is 47.0. The monoisotopic (exact) mass is 1320 g/mol. The first kappa shape index (κ1) is 75.5. The number of benzene rings is 6. The maximum absolute atomic E-state index is 11.5. The van der Waals surface area contributed by atoms with Crippen molar-refractivity contribution < 1.29 is 86.8 Å². The van der Waals surface area contributed by atoms with Gasteiger partial charge in [-0.3, -0.25) is 5.26 Å². The highest BCUT2D eigenvalue weighted by atomic mass is 17.2. The molecule has 8 rings (SSSR count). The molecule has 0 saturated carbocycles. The normalized spacial score (nSPS) is 15.8. The summed E-state index contributed by atoms with van der Waals surface area (Å²) in [5, 5.41) is 26.3. The van der Waals surface area contributed by atoms with E-state index in [1.54, 1.807) is 55.2 Å². The Bertz CT molecular complexity index is 3430. The number of hydrogen-bond donors (Lipinski definition) is 1. The van der Waals surface area contributed by atoms with Crippen LogP contribution in [-0.4, -0.2) is 126 Å². The molecule has 510 valence electrons. The quantitative estimate of drug-likeness (QED) is 0.00718. The third-order valence-electron chi connectivity index (χ3n) is 14.8. The van der Waals surface area contributed by atoms with Gasteiger partial charge in [0, 0.05) is 18.1 Å². The highest BCUT2D eigenvalue weighted by Crippen LogP contribution is 2.34. The molecule has 5 atom stereocenters. The molecule has 2 heterocycles. The van der Waals surface area contributed by atoms with E-state index in [0.717, 1.165) is 113 Å². The number of rotatable bonds is 38. The zero-order chi connectivity index (χ0) is 68.5. The maximum atomic E-state index is 11.5. The van der Waals surface area contributed by atoms with E-state index in [4.69, 9.17) is 67.1 Å². The lowest BCUT2D eigenvalue weighted by Crippen LogP contribution is -2.31. The molecule has 0 aliphatic carbocycles. The molecule has 2 fully saturated rings. The number of esters is 3. The smallest absolute Gasteiger partial charge is 0.337 e. The van der Waals surface area contributed by atoms with Gasteiger partial charge in [0.15, 0.2) is 5.75 Å². The van der Waals surface area contributed by atoms with Gasteiger partial charge in [-0.1, -0.05) is 98.9 Å². The fraction of sp³-hybridized carbons (Fsp3) is 0.351. The molecule has 2 aliphatic heterocycles. The predicted molar refractivity (Wildman–Crippen MR) is 363 cm³/mol. The van der Waals surface area contributed by atoms with Crippen LogP contribution in [0.3, 0.4) is 0 Å². The molecule has 3 unspecified atom stereocenters. The molecule has 22 heteroatoms. The second-order valence-corrected chi connectivity index (χ2v) is 21.9. The van der Waals surface area contributed by atoms with Crippen LogP contribution in [0.1, 0.15) is 132 Å². The summed E-state index contributed by atoms with van der Waals surface area (Å²) >= 11 is 0. The van der Waals surface area contributed by atoms with Crippen molar-refractivity contribution in [2.45, 2.75) is 110 Å². The second-order valence-electron chi connectivity index (χ2n) is 21.9. The minimum Gasteiger partial charge on any atom is -0.494 e. The standard InChI is InChI=1S/C40H48N2O10.C33H36N2O7.CH2O/c1-4-38(43)46-21-9-7-6-8-20-45-34-17-14-32(15-18-34)27-49-51-35-19-16-33(22-36(35)44-5-2)24-42-41-23-30-10-12-31(13-11-30)26-50-52-37-28-48-39-29(3)25-47-40(37)39;1-4-31(36)41-20-8-6-5-7-19-40-29-16-14-27(15-17-29)32(42-38)30-18-11-26(21-24(30)2)23-35-34-22-25-9-12-28(13-10-25)33(37)39-3;1-2/h4,10-19,22-24,29,37,39-40H,1,5-9,20-21,25-28H2,2-3H3;4,9-18,21-23,32,38H,1,5-8,19-20H2,2-3H3;1H2/b41-23+,42-24+;34-22+,35-23+;/t29-,37+,39?,40?;;/m0../s1. The zero-order valence-corrected chi connectivity index (χ0v) is 54.9. The van der Waals surface area contributed by atoms with Crippen LogP contribution in [0.15, 0.2) is 179 Å². The van der Waals surface area contributed by atoms with Crippen LogP contribution in [0, 0.1) is 12.8 Å². The van der Waals surface area contributed by atoms with E-state index in [9.17, 15) is 19.6 Å². The molecule has 96 heavy (non-hydrogen) atoms. The Morgan fingerprint density at radius 3 is 1.60 bits per heavy atom. The van der Waals surface area contributed by atoms with Gasteiger partial charge >= 0.3 is 17.9 Å². The largest absolute Gasteiger partial charge is 0.494 e. The van der Waals surface area contributed by atoms with Crippen molar-refractivity contribution in [1.29, 1.82) is 0 Å². The number of methoxy groups -OCH3 is 1. The molecular weight excluding hydrogens is 1230 g/mol. The van der Waals surface area contributed by atoms with Crippen molar-refractivity contribution in [2.24, 2.45) is 26.3 Å². The van der Waals surface area contributed by atoms with Crippen LogP contribution in [-0.2, 0) is 70.8 Å². The molecule has 0 spiro atoms. The summed E-state index contributed by atoms with van der Waals surface area (Å²) in [5.74, 6) is 1.72. The molecule has 0 aromatic heterocycles. The minimum atomic E-state index is -0.661. The van der Waals surface area contributed by atoms with Crippen molar-refractivity contribution in [3.05, 3.63) is 214 Å². The van der Waals surface area contributed by atoms with Crippen LogP contribution in [0.25, 0.3) is 0 Å². The number of aryl methyl sites for hydroxylation is 1. The SMILES string of the molecule is C=CC(=O)OCCCCCCOc1ccc(C(OO)c2ccc(/C=N/N=C/c3ccc(C(=O)OC)cc3)cc2C)cc1.C=CC(=O)OCCCCCCOc1ccc(COOc2ccc(/C=N/N=C/c3ccc(COO[C@@H]4COC5C4OC[C@@H]5C)cc3)cc2OCC)cc1.C=O. The van der Waals surface area contributed by atoms with Gasteiger partial charge in [0.25, 0.3) is 0 Å². The topological polar surface area (TPSA) is 258 Å². The molecule has 0 radical (unpaired) electrons. The number of hydrogen-bond acceptors (Lipinski definition) is 22. The highest BCUT2D eigenvalue weighted by molar-refractivity contribution is 5.91. The number of nitrogens with zero attached hydrogens (tertiary/aromatic N) is 4. The molecule has 0 bridgehead atoms. The summed E-state index contributed by atoms with van der Waals surface area (Å²) in [5.41, 5.74) is 8.21. The fourth-order valence-corrected chi connectivity index (χ4v) is 9.70. The average molecular weight is 1320 g/mol. The molecule has 22 nitrogen and oxygen atoms in total. The van der Waals surface area contributed by atoms with Gasteiger partial charge in [-0.05, 0) is 170 Å². The number of ether oxygens (including phenoxy) is 8. The number of unbranched alkanes of at least 4 members (excludes halogenated alkanes) is 6. The third-order valence-corrected chi connectivity index (χ3v) is 14.8. The predicted octanol–water partition coefficient (Wildman–Crippen LogP) is 13.3. The fourth-order valence-electron chi connectivity index (χ4n) is 9.70. The van der Waals surface area contributed by atoms with Crippen LogP contribution in [0.5, 0.6) is 23.0 Å². The molecule has 2 saturated heterocycles. The number of carbonyl (C=O) groups is 4. The van der Waals surface area contributed by atoms with Crippen molar-refractivity contribution in [3.8, 4) is 23.0 Å². The zero-order valence-electron chi connectivity index (χ0n) is 54.9. The Balaban J connectivity index is 0.000000303. The number of carbonyl (C=O) groups excluding carboxylic acids is 4. The van der Waals surface area contributed by atoms with Crippen molar-refractivity contribution in [1.82, 2.24) is 0 Å². The average Bonchev–Trinajstić information content (AvgIpc) is 1.62. The molecule has 0 amide bonds. The van der Waals surface area contributed by atoms with Crippen LogP contribution in [0.4, 0.5) is 0 Å². The van der Waals surface area contributed by atoms with E-state index in [0.29, 0.717) is 75.8 Å². The van der Waals surface area contributed by atoms with Crippen LogP contribution < -0.4 is 19.1 Å². The summed E-state index contributed by atoms with van der Waals surface area (Å²) in [7, 11) is 1.34. The molecule has 1 N–H and O–H groups in total. The first-order valence-electron chi connectivity index (χ1n) is 31.7. The minimum absolute atomic E-state index is 0.0642. The van der Waals surface area contributed by atoms with Crippen LogP contribution >= 0.6 is 0 Å². The van der Waals surface area contributed by atoms with Gasteiger partial charge in [0.1, 0.15) is 49.8 Å². The molecular formula is C74H86N4O18. The Kier molecular flexibility index (Phi) is 34.2. The van der Waals surface area contributed by atoms with Gasteiger partial charge in [-0.2, -0.15) is 25.3 Å². The highest BCUT2D eigenvalue weighted by Gasteiger charge is 2.47. The lowest BCUT2D eigenvalue weighted by Gasteiger charge is -2.17. The summed E-state index contributed by atoms with van der Waals surface area (Å²) in [4.78, 5) is 68.6. The van der Waals surface area contributed by atoms with Gasteiger partial charge in [0.05, 0.1) is 89.9 Å². The third kappa shape index (κ3) is 26.3. The van der Waals surface area contributed by atoms with E-state index >= 15 is 0 Å². The van der Waals surface area contributed by atoms with Crippen molar-refractivity contribution in [2.75, 3.05) is 53.4 Å². The van der Waals surface area contributed by atoms with E-state index in [-0.39, 0.29) is 30.9 Å². The first-order valence-corrected chi connectivity index (χ1v) is 31.7. The summed E-state index contributed by atoms with van der Waals surface area (Å²) in [6.45, 7) is 18.9. The summed E-state index contributed by atoms with van der Waals surface area (Å²) in [6.07, 6.45) is 15.4.